The molecule has 3 rings (SSSR count). The highest BCUT2D eigenvalue weighted by molar-refractivity contribution is 6.07. The van der Waals surface area contributed by atoms with E-state index < -0.39 is 18.0 Å². The number of carbonyl (C=O) groups is 1. The van der Waals surface area contributed by atoms with Crippen LogP contribution in [-0.2, 0) is 9.53 Å². The minimum absolute atomic E-state index is 0.0988. The highest BCUT2D eigenvalue weighted by Gasteiger charge is 2.41. The molecule has 0 spiro atoms. The molecule has 5 N–H and O–H groups in total. The summed E-state index contributed by atoms with van der Waals surface area (Å²) in [5.74, 6) is -0.507. The first-order valence-electron chi connectivity index (χ1n) is 10.4. The van der Waals surface area contributed by atoms with Gasteiger partial charge >= 0.3 is 0 Å². The normalized spacial score (nSPS) is 20.2. The second-order valence-corrected chi connectivity index (χ2v) is 7.68. The number of ether oxygens (including phenoxy) is 1. The molecule has 2 atom stereocenters. The second kappa shape index (κ2) is 10.1. The Balaban J connectivity index is 1.77. The molecular formula is C21H32FN4O3+. The molecule has 0 bridgehead atoms. The van der Waals surface area contributed by atoms with Crippen LogP contribution in [0.1, 0.15) is 38.2 Å². The number of anilines is 1. The molecule has 2 fully saturated rings. The maximum Gasteiger partial charge on any atom is 0.253 e. The minimum Gasteiger partial charge on any atom is -0.445 e. The van der Waals surface area contributed by atoms with Crippen LogP contribution in [-0.4, -0.2) is 72.7 Å². The standard InChI is InChI=1S/C21H31FN4O3/c1-14(26(15-7-8-15)21(28)18-13-24-10-12-29-18)19(23)16-5-4-6-17(22)20(16)25-9-2-3-11-27/h4-6,14-15,18,23-25,27H,2-3,7-13H2,1H3/p+1/t14-,18-/m1/s1. The maximum absolute atomic E-state index is 14.5. The van der Waals surface area contributed by atoms with Crippen LogP contribution in [0.3, 0.4) is 0 Å². The van der Waals surface area contributed by atoms with Crippen LogP contribution < -0.4 is 10.6 Å². The summed E-state index contributed by atoms with van der Waals surface area (Å²) in [5.41, 5.74) is 0.995. The summed E-state index contributed by atoms with van der Waals surface area (Å²) in [5, 5.41) is 22.3. The van der Waals surface area contributed by atoms with Gasteiger partial charge in [0.2, 0.25) is 0 Å². The number of morpholine rings is 1. The summed E-state index contributed by atoms with van der Waals surface area (Å²) in [4.78, 5) is 14.9. The van der Waals surface area contributed by atoms with E-state index in [-0.39, 0.29) is 17.7 Å². The fraction of sp³-hybridized carbons (Fsp3) is 0.619. The smallest absolute Gasteiger partial charge is 0.253 e. The van der Waals surface area contributed by atoms with E-state index in [9.17, 15) is 9.18 Å². The molecule has 1 aliphatic heterocycles. The van der Waals surface area contributed by atoms with Crippen molar-refractivity contribution in [1.29, 1.82) is 5.41 Å². The molecule has 1 amide bonds. The van der Waals surface area contributed by atoms with Crippen LogP contribution in [0.4, 0.5) is 10.1 Å². The third kappa shape index (κ3) is 5.32. The fourth-order valence-corrected chi connectivity index (χ4v) is 3.69. The number of benzene rings is 1. The van der Waals surface area contributed by atoms with Crippen LogP contribution >= 0.6 is 0 Å². The van der Waals surface area contributed by atoms with Crippen molar-refractivity contribution >= 4 is 17.3 Å². The molecule has 0 aromatic heterocycles. The van der Waals surface area contributed by atoms with Gasteiger partial charge < -0.3 is 30.8 Å². The lowest BCUT2D eigenvalue weighted by Crippen LogP contribution is -2.54. The first kappa shape index (κ1) is 21.7. The van der Waals surface area contributed by atoms with E-state index >= 15 is 0 Å². The Hall–Kier alpha value is -2.03. The summed E-state index contributed by atoms with van der Waals surface area (Å²) in [7, 11) is 0. The molecule has 0 unspecified atom stereocenters. The summed E-state index contributed by atoms with van der Waals surface area (Å²) in [6.07, 6.45) is 2.81. The van der Waals surface area contributed by atoms with E-state index in [4.69, 9.17) is 15.3 Å². The Bertz CT molecular complexity index is 720. The monoisotopic (exact) mass is 407 g/mol. The van der Waals surface area contributed by atoms with E-state index in [0.29, 0.717) is 37.6 Å². The molecule has 29 heavy (non-hydrogen) atoms. The number of amides is 1. The van der Waals surface area contributed by atoms with Gasteiger partial charge in [0.15, 0.2) is 0 Å². The Kier molecular flexibility index (Phi) is 7.57. The van der Waals surface area contributed by atoms with Gasteiger partial charge in [-0.25, -0.2) is 4.39 Å². The van der Waals surface area contributed by atoms with E-state index in [0.717, 1.165) is 32.2 Å². The zero-order valence-corrected chi connectivity index (χ0v) is 17.0. The Labute approximate surface area is 171 Å². The number of rotatable bonds is 10. The van der Waals surface area contributed by atoms with Crippen LogP contribution in [0, 0.1) is 11.2 Å². The van der Waals surface area contributed by atoms with Gasteiger partial charge in [-0.2, -0.15) is 0 Å². The van der Waals surface area contributed by atoms with Crippen LogP contribution in [0.2, 0.25) is 0 Å². The average molecular weight is 408 g/mol. The number of carbonyl (C=O) groups excluding carboxylic acids is 1. The molecule has 1 saturated carbocycles. The molecular weight excluding hydrogens is 375 g/mol. The van der Waals surface area contributed by atoms with Gasteiger partial charge in [-0.1, -0.05) is 12.1 Å². The van der Waals surface area contributed by atoms with Crippen molar-refractivity contribution in [3.63, 3.8) is 0 Å². The molecule has 1 heterocycles. The lowest BCUT2D eigenvalue weighted by Gasteiger charge is -2.34. The number of unbranched alkanes of at least 4 members (excludes halogenated alkanes) is 1. The van der Waals surface area contributed by atoms with Crippen LogP contribution in [0.25, 0.3) is 0 Å². The number of nitrogens with zero attached hydrogens (tertiary/aromatic N) is 1. The summed E-state index contributed by atoms with van der Waals surface area (Å²) < 4.78 is 20.1. The Morgan fingerprint density at radius 3 is 2.90 bits per heavy atom. The van der Waals surface area contributed by atoms with Crippen molar-refractivity contribution in [2.75, 3.05) is 38.2 Å². The van der Waals surface area contributed by atoms with Gasteiger partial charge in [-0.3, -0.25) is 4.79 Å². The van der Waals surface area contributed by atoms with E-state index in [2.05, 4.69) is 10.6 Å². The van der Waals surface area contributed by atoms with Crippen molar-refractivity contribution in [3.05, 3.63) is 29.6 Å². The van der Waals surface area contributed by atoms with E-state index in [1.165, 1.54) is 6.07 Å². The van der Waals surface area contributed by atoms with Gasteiger partial charge in [0, 0.05) is 37.7 Å². The molecule has 1 saturated heterocycles. The molecule has 1 aromatic carbocycles. The molecule has 160 valence electrons. The fourth-order valence-electron chi connectivity index (χ4n) is 3.69. The SMILES string of the molecule is C[C@H](C(=N)c1cccc(F)c1NCCCC[OH2+])N(C(=O)[C@H]1CNCCO1)C1CC1. The second-order valence-electron chi connectivity index (χ2n) is 7.68. The first-order valence-corrected chi connectivity index (χ1v) is 10.4. The number of halogens is 1. The molecule has 8 heteroatoms. The third-order valence-electron chi connectivity index (χ3n) is 5.44. The van der Waals surface area contributed by atoms with Gasteiger partial charge in [-0.15, -0.1) is 0 Å². The molecule has 7 nitrogen and oxygen atoms in total. The number of nitrogens with one attached hydrogen (secondary N) is 3. The number of hydrogen-bond donors (Lipinski definition) is 3. The zero-order valence-electron chi connectivity index (χ0n) is 17.0. The van der Waals surface area contributed by atoms with Crippen molar-refractivity contribution in [2.24, 2.45) is 0 Å². The first-order chi connectivity index (χ1) is 14.0. The largest absolute Gasteiger partial charge is 0.445 e. The van der Waals surface area contributed by atoms with Crippen LogP contribution in [0.5, 0.6) is 0 Å². The summed E-state index contributed by atoms with van der Waals surface area (Å²) in [6.45, 7) is 4.43. The lowest BCUT2D eigenvalue weighted by atomic mass is 9.99. The molecule has 0 radical (unpaired) electrons. The zero-order chi connectivity index (χ0) is 20.8. The summed E-state index contributed by atoms with van der Waals surface area (Å²) >= 11 is 0. The Morgan fingerprint density at radius 1 is 1.45 bits per heavy atom. The van der Waals surface area contributed by atoms with Crippen molar-refractivity contribution < 1.29 is 19.0 Å². The van der Waals surface area contributed by atoms with Crippen molar-refractivity contribution in [3.8, 4) is 0 Å². The topological polar surface area (TPSA) is 100 Å². The van der Waals surface area contributed by atoms with Gasteiger partial charge in [0.1, 0.15) is 18.5 Å². The molecule has 1 aromatic rings. The van der Waals surface area contributed by atoms with E-state index in [1.807, 2.05) is 6.92 Å². The lowest BCUT2D eigenvalue weighted by molar-refractivity contribution is -0.146. The third-order valence-corrected chi connectivity index (χ3v) is 5.44. The van der Waals surface area contributed by atoms with Crippen LogP contribution in [0.15, 0.2) is 18.2 Å². The van der Waals surface area contributed by atoms with E-state index in [1.54, 1.807) is 17.0 Å². The predicted molar refractivity (Wildman–Crippen MR) is 111 cm³/mol. The van der Waals surface area contributed by atoms with Crippen molar-refractivity contribution in [2.45, 2.75) is 50.8 Å². The maximum atomic E-state index is 14.5. The predicted octanol–water partition coefficient (Wildman–Crippen LogP) is 1.48. The highest BCUT2D eigenvalue weighted by Crippen LogP contribution is 2.32. The van der Waals surface area contributed by atoms with Gasteiger partial charge in [0.25, 0.3) is 5.91 Å². The number of para-hydroxylation sites is 1. The van der Waals surface area contributed by atoms with Gasteiger partial charge in [0.05, 0.1) is 24.0 Å². The number of hydrogen-bond acceptors (Lipinski definition) is 5. The molecule has 2 aliphatic rings. The highest BCUT2D eigenvalue weighted by atomic mass is 19.1. The Morgan fingerprint density at radius 2 is 2.24 bits per heavy atom. The molecule has 1 aliphatic carbocycles. The summed E-state index contributed by atoms with van der Waals surface area (Å²) in [6, 6.07) is 4.34. The quantitative estimate of drug-likeness (QED) is 0.311. The average Bonchev–Trinajstić information content (AvgIpc) is 3.57. The van der Waals surface area contributed by atoms with Gasteiger partial charge in [-0.05, 0) is 32.3 Å². The van der Waals surface area contributed by atoms with Crippen molar-refractivity contribution in [1.82, 2.24) is 10.2 Å². The minimum atomic E-state index is -0.533.